The fourth-order valence-electron chi connectivity index (χ4n) is 2.02. The molecule has 0 spiro atoms. The van der Waals surface area contributed by atoms with E-state index < -0.39 is 6.09 Å². The maximum atomic E-state index is 10.5. The molecule has 0 aromatic heterocycles. The van der Waals surface area contributed by atoms with Crippen molar-refractivity contribution < 1.29 is 14.6 Å². The van der Waals surface area contributed by atoms with Crippen molar-refractivity contribution in [1.29, 1.82) is 0 Å². The van der Waals surface area contributed by atoms with Crippen molar-refractivity contribution in [2.24, 2.45) is 0 Å². The number of ether oxygens (including phenoxy) is 1. The summed E-state index contributed by atoms with van der Waals surface area (Å²) in [6, 6.07) is 0. The lowest BCUT2D eigenvalue weighted by Crippen LogP contribution is -2.23. The first-order valence-electron chi connectivity index (χ1n) is 5.69. The lowest BCUT2D eigenvalue weighted by Gasteiger charge is -2.18. The van der Waals surface area contributed by atoms with Crippen LogP contribution >= 0.6 is 15.9 Å². The minimum Gasteiger partial charge on any atom is -0.496 e. The first-order chi connectivity index (χ1) is 8.40. The van der Waals surface area contributed by atoms with E-state index in [2.05, 4.69) is 21.2 Å². The van der Waals surface area contributed by atoms with E-state index in [-0.39, 0.29) is 0 Å². The van der Waals surface area contributed by atoms with Crippen LogP contribution in [0.5, 0.6) is 5.75 Å². The number of methoxy groups -OCH3 is 1. The van der Waals surface area contributed by atoms with Crippen molar-refractivity contribution in [1.82, 2.24) is 5.32 Å². The highest BCUT2D eigenvalue weighted by Gasteiger charge is 2.16. The van der Waals surface area contributed by atoms with Crippen LogP contribution in [0.15, 0.2) is 4.47 Å². The van der Waals surface area contributed by atoms with Gasteiger partial charge in [0.25, 0.3) is 0 Å². The molecule has 100 valence electrons. The summed E-state index contributed by atoms with van der Waals surface area (Å²) in [6.45, 7) is 6.43. The van der Waals surface area contributed by atoms with Crippen LogP contribution in [-0.4, -0.2) is 24.9 Å². The third kappa shape index (κ3) is 2.96. The van der Waals surface area contributed by atoms with Crippen LogP contribution in [0.4, 0.5) is 4.79 Å². The Morgan fingerprint density at radius 2 is 1.89 bits per heavy atom. The molecule has 0 saturated heterocycles. The Labute approximate surface area is 115 Å². The molecule has 5 heteroatoms. The number of nitrogens with one attached hydrogen (secondary N) is 1. The third-order valence-electron chi connectivity index (χ3n) is 3.14. The molecule has 0 atom stereocenters. The van der Waals surface area contributed by atoms with Crippen LogP contribution < -0.4 is 10.1 Å². The second-order valence-electron chi connectivity index (χ2n) is 4.18. The fourth-order valence-corrected chi connectivity index (χ4v) is 2.55. The van der Waals surface area contributed by atoms with Crippen LogP contribution in [0.2, 0.25) is 0 Å². The van der Waals surface area contributed by atoms with Crippen molar-refractivity contribution >= 4 is 22.0 Å². The molecule has 1 rings (SSSR count). The van der Waals surface area contributed by atoms with Crippen LogP contribution in [-0.2, 0) is 6.42 Å². The Hall–Kier alpha value is -1.23. The predicted molar refractivity (Wildman–Crippen MR) is 74.6 cm³/mol. The second kappa shape index (κ2) is 6.09. The molecular weight excluding hydrogens is 298 g/mol. The molecule has 18 heavy (non-hydrogen) atoms. The van der Waals surface area contributed by atoms with Gasteiger partial charge in [-0.1, -0.05) is 15.9 Å². The van der Waals surface area contributed by atoms with Gasteiger partial charge in [-0.05, 0) is 43.9 Å². The Balaban J connectivity index is 3.12. The van der Waals surface area contributed by atoms with Crippen LogP contribution in [0.1, 0.15) is 22.3 Å². The summed E-state index contributed by atoms with van der Waals surface area (Å²) in [5.41, 5.74) is 4.38. The average molecular weight is 316 g/mol. The van der Waals surface area contributed by atoms with E-state index in [0.29, 0.717) is 13.0 Å². The van der Waals surface area contributed by atoms with E-state index in [1.165, 1.54) is 0 Å². The predicted octanol–water partition coefficient (Wildman–Crippen LogP) is 3.19. The lowest BCUT2D eigenvalue weighted by molar-refractivity contribution is 0.194. The largest absolute Gasteiger partial charge is 0.496 e. The van der Waals surface area contributed by atoms with Crippen LogP contribution in [0.25, 0.3) is 0 Å². The topological polar surface area (TPSA) is 58.6 Å². The van der Waals surface area contributed by atoms with Crippen molar-refractivity contribution in [3.05, 3.63) is 26.7 Å². The molecule has 1 amide bonds. The van der Waals surface area contributed by atoms with Gasteiger partial charge in [0.2, 0.25) is 0 Å². The molecule has 0 unspecified atom stereocenters. The minimum absolute atomic E-state index is 0.376. The van der Waals surface area contributed by atoms with E-state index >= 15 is 0 Å². The molecule has 0 fully saturated rings. The van der Waals surface area contributed by atoms with E-state index in [1.807, 2.05) is 20.8 Å². The maximum absolute atomic E-state index is 10.5. The van der Waals surface area contributed by atoms with E-state index in [4.69, 9.17) is 9.84 Å². The van der Waals surface area contributed by atoms with Gasteiger partial charge in [-0.3, -0.25) is 0 Å². The van der Waals surface area contributed by atoms with Crippen LogP contribution in [0.3, 0.4) is 0 Å². The van der Waals surface area contributed by atoms with Gasteiger partial charge in [0.1, 0.15) is 5.75 Å². The van der Waals surface area contributed by atoms with Gasteiger partial charge in [-0.15, -0.1) is 0 Å². The van der Waals surface area contributed by atoms with Crippen molar-refractivity contribution in [2.75, 3.05) is 13.7 Å². The molecule has 2 N–H and O–H groups in total. The molecule has 0 aliphatic heterocycles. The zero-order valence-electron chi connectivity index (χ0n) is 11.1. The number of carboxylic acid groups (broad SMARTS) is 1. The lowest BCUT2D eigenvalue weighted by atomic mass is 9.97. The number of carbonyl (C=O) groups is 1. The Kier molecular flexibility index (Phi) is 5.02. The van der Waals surface area contributed by atoms with Gasteiger partial charge >= 0.3 is 6.09 Å². The number of benzene rings is 1. The van der Waals surface area contributed by atoms with E-state index in [9.17, 15) is 4.79 Å². The quantitative estimate of drug-likeness (QED) is 0.897. The third-order valence-corrected chi connectivity index (χ3v) is 4.33. The van der Waals surface area contributed by atoms with E-state index in [0.717, 1.165) is 32.5 Å². The van der Waals surface area contributed by atoms with Crippen molar-refractivity contribution in [3.8, 4) is 5.75 Å². The summed E-state index contributed by atoms with van der Waals surface area (Å²) < 4.78 is 6.52. The van der Waals surface area contributed by atoms with E-state index in [1.54, 1.807) is 7.11 Å². The summed E-state index contributed by atoms with van der Waals surface area (Å²) >= 11 is 3.57. The van der Waals surface area contributed by atoms with Crippen molar-refractivity contribution in [3.63, 3.8) is 0 Å². The highest BCUT2D eigenvalue weighted by Crippen LogP contribution is 2.36. The molecule has 1 aromatic carbocycles. The zero-order valence-corrected chi connectivity index (χ0v) is 12.6. The standard InChI is InChI=1S/C13H18BrNO3/c1-7-8(2)12(18-4)10(9(3)11(7)14)5-6-15-13(16)17/h15H,5-6H2,1-4H3,(H,16,17). The minimum atomic E-state index is -1.01. The fraction of sp³-hybridized carbons (Fsp3) is 0.462. The Morgan fingerprint density at radius 1 is 1.28 bits per heavy atom. The maximum Gasteiger partial charge on any atom is 0.404 e. The first kappa shape index (κ1) is 14.8. The monoisotopic (exact) mass is 315 g/mol. The molecule has 0 heterocycles. The summed E-state index contributed by atoms with van der Waals surface area (Å²) in [6.07, 6.45) is -0.393. The number of halogens is 1. The Bertz CT molecular complexity index is 472. The van der Waals surface area contributed by atoms with Gasteiger partial charge in [0.15, 0.2) is 0 Å². The first-order valence-corrected chi connectivity index (χ1v) is 6.48. The number of hydrogen-bond acceptors (Lipinski definition) is 2. The number of hydrogen-bond donors (Lipinski definition) is 2. The SMILES string of the molecule is COc1c(C)c(C)c(Br)c(C)c1CCNC(=O)O. The molecule has 4 nitrogen and oxygen atoms in total. The normalized spacial score (nSPS) is 10.3. The number of rotatable bonds is 4. The summed E-state index contributed by atoms with van der Waals surface area (Å²) in [5, 5.41) is 11.0. The van der Waals surface area contributed by atoms with Gasteiger partial charge in [-0.2, -0.15) is 0 Å². The smallest absolute Gasteiger partial charge is 0.404 e. The highest BCUT2D eigenvalue weighted by atomic mass is 79.9. The molecule has 0 saturated carbocycles. The average Bonchev–Trinajstić information content (AvgIpc) is 2.33. The second-order valence-corrected chi connectivity index (χ2v) is 4.98. The summed E-state index contributed by atoms with van der Waals surface area (Å²) in [4.78, 5) is 10.5. The molecule has 0 aliphatic carbocycles. The zero-order chi connectivity index (χ0) is 13.9. The van der Waals surface area contributed by atoms with Gasteiger partial charge in [0.05, 0.1) is 7.11 Å². The molecule has 0 aliphatic rings. The highest BCUT2D eigenvalue weighted by molar-refractivity contribution is 9.10. The molecular formula is C13H18BrNO3. The summed E-state index contributed by atoms with van der Waals surface area (Å²) in [7, 11) is 1.64. The van der Waals surface area contributed by atoms with Crippen LogP contribution in [0, 0.1) is 20.8 Å². The van der Waals surface area contributed by atoms with Gasteiger partial charge in [0, 0.05) is 16.6 Å². The molecule has 0 radical (unpaired) electrons. The van der Waals surface area contributed by atoms with Gasteiger partial charge in [-0.25, -0.2) is 4.79 Å². The van der Waals surface area contributed by atoms with Gasteiger partial charge < -0.3 is 15.2 Å². The van der Waals surface area contributed by atoms with Crippen molar-refractivity contribution in [2.45, 2.75) is 27.2 Å². The molecule has 0 bridgehead atoms. The number of amides is 1. The molecule has 1 aromatic rings. The Morgan fingerprint density at radius 3 is 2.39 bits per heavy atom. The summed E-state index contributed by atoms with van der Waals surface area (Å²) in [5.74, 6) is 0.848.